The van der Waals surface area contributed by atoms with Crippen molar-refractivity contribution in [2.24, 2.45) is 5.73 Å². The lowest BCUT2D eigenvalue weighted by molar-refractivity contribution is -0.253. The van der Waals surface area contributed by atoms with Gasteiger partial charge < -0.3 is 15.4 Å². The molecule has 2 aromatic carbocycles. The molecule has 0 bridgehead atoms. The van der Waals surface area contributed by atoms with Crippen LogP contribution < -0.4 is 10.5 Å². The van der Waals surface area contributed by atoms with Crippen molar-refractivity contribution in [1.82, 2.24) is 4.90 Å². The summed E-state index contributed by atoms with van der Waals surface area (Å²) in [5.74, 6) is -2.25. The van der Waals surface area contributed by atoms with Crippen molar-refractivity contribution in [2.45, 2.75) is 83.5 Å². The van der Waals surface area contributed by atoms with Crippen LogP contribution in [0.5, 0.6) is 5.75 Å². The van der Waals surface area contributed by atoms with E-state index in [2.05, 4.69) is 29.9 Å². The minimum atomic E-state index is -4.98. The molecular weight excluding hydrogens is 639 g/mol. The Hall–Kier alpha value is -3.92. The maximum absolute atomic E-state index is 13.7. The van der Waals surface area contributed by atoms with Crippen LogP contribution in [-0.2, 0) is 11.0 Å². The number of benzene rings is 2. The lowest BCUT2D eigenvalue weighted by Crippen LogP contribution is -2.33. The Balaban J connectivity index is 0. The van der Waals surface area contributed by atoms with Crippen LogP contribution in [0.3, 0.4) is 0 Å². The number of nitrogens with zero attached hydrogens (tertiary/aromatic N) is 1. The molecule has 4 nitrogen and oxygen atoms in total. The van der Waals surface area contributed by atoms with Gasteiger partial charge in [-0.15, -0.1) is 13.0 Å². The third-order valence-corrected chi connectivity index (χ3v) is 6.32. The summed E-state index contributed by atoms with van der Waals surface area (Å²) in [6, 6.07) is 4.65. The number of hydrogen-bond acceptors (Lipinski definition) is 3. The zero-order chi connectivity index (χ0) is 36.8. The molecule has 2 aromatic rings. The first-order valence-electron chi connectivity index (χ1n) is 14.4. The van der Waals surface area contributed by atoms with Gasteiger partial charge >= 0.3 is 18.7 Å². The molecule has 1 aliphatic rings. The second kappa shape index (κ2) is 23.4. The lowest BCUT2D eigenvalue weighted by atomic mass is 9.91. The highest BCUT2D eigenvalue weighted by atomic mass is 19.4. The summed E-state index contributed by atoms with van der Waals surface area (Å²) >= 11 is 0. The lowest BCUT2D eigenvalue weighted by Gasteiger charge is -2.19. The summed E-state index contributed by atoms with van der Waals surface area (Å²) in [6.07, 6.45) is 3.12. The highest BCUT2D eigenvalue weighted by molar-refractivity contribution is 5.47. The SMILES string of the molecule is C#C/C=C\C.C=CCC.CC(c1cc(F)cc(OC(F)(F)C(F)F)c1)c1ccc(F)c(C(F)(F)F)c1.CN.CN(C=O)C1CCCC1. The van der Waals surface area contributed by atoms with Gasteiger partial charge in [0.2, 0.25) is 6.41 Å². The summed E-state index contributed by atoms with van der Waals surface area (Å²) in [7, 11) is 3.36. The number of alkyl halides is 7. The zero-order valence-electron chi connectivity index (χ0n) is 27.1. The average molecular weight is 683 g/mol. The number of hydrogen-bond donors (Lipinski definition) is 1. The Morgan fingerprint density at radius 3 is 2.02 bits per heavy atom. The van der Waals surface area contributed by atoms with E-state index >= 15 is 0 Å². The normalized spacial score (nSPS) is 13.3. The Morgan fingerprint density at radius 2 is 1.62 bits per heavy atom. The quantitative estimate of drug-likeness (QED) is 0.131. The second-order valence-electron chi connectivity index (χ2n) is 9.72. The number of terminal acetylenes is 1. The van der Waals surface area contributed by atoms with Gasteiger partial charge in [-0.2, -0.15) is 30.7 Å². The minimum Gasteiger partial charge on any atom is -0.428 e. The predicted molar refractivity (Wildman–Crippen MR) is 167 cm³/mol. The van der Waals surface area contributed by atoms with Gasteiger partial charge in [-0.25, -0.2) is 8.78 Å². The fraction of sp³-hybridized carbons (Fsp3) is 0.441. The van der Waals surface area contributed by atoms with E-state index in [1.807, 2.05) is 26.1 Å². The first kappa shape index (κ1) is 45.2. The first-order valence-corrected chi connectivity index (χ1v) is 14.4. The van der Waals surface area contributed by atoms with Crippen molar-refractivity contribution in [1.29, 1.82) is 0 Å². The molecule has 2 N–H and O–H groups in total. The predicted octanol–water partition coefficient (Wildman–Crippen LogP) is 9.74. The van der Waals surface area contributed by atoms with Gasteiger partial charge in [0, 0.05) is 25.1 Å². The molecule has 47 heavy (non-hydrogen) atoms. The van der Waals surface area contributed by atoms with Gasteiger partial charge in [-0.1, -0.05) is 50.8 Å². The molecule has 1 fully saturated rings. The van der Waals surface area contributed by atoms with Crippen LogP contribution in [0.4, 0.5) is 39.5 Å². The third-order valence-electron chi connectivity index (χ3n) is 6.32. The molecule has 0 saturated heterocycles. The van der Waals surface area contributed by atoms with Crippen LogP contribution in [0, 0.1) is 24.0 Å². The average Bonchev–Trinajstić information content (AvgIpc) is 3.57. The van der Waals surface area contributed by atoms with Gasteiger partial charge in [0.25, 0.3) is 0 Å². The molecule has 1 unspecified atom stereocenters. The molecule has 0 aromatic heterocycles. The molecule has 1 amide bonds. The second-order valence-corrected chi connectivity index (χ2v) is 9.72. The summed E-state index contributed by atoms with van der Waals surface area (Å²) in [5, 5.41) is 0. The van der Waals surface area contributed by atoms with Crippen molar-refractivity contribution in [2.75, 3.05) is 14.1 Å². The number of halogens is 9. The van der Waals surface area contributed by atoms with Crippen molar-refractivity contribution < 1.29 is 49.0 Å². The van der Waals surface area contributed by atoms with Crippen LogP contribution in [-0.4, -0.2) is 44.0 Å². The fourth-order valence-corrected chi connectivity index (χ4v) is 3.81. The number of ether oxygens (including phenoxy) is 1. The number of allylic oxidation sites excluding steroid dienone is 3. The molecule has 13 heteroatoms. The van der Waals surface area contributed by atoms with E-state index in [-0.39, 0.29) is 11.1 Å². The van der Waals surface area contributed by atoms with Crippen molar-refractivity contribution in [3.8, 4) is 18.1 Å². The molecular formula is C34H43F9N2O2. The molecule has 3 rings (SSSR count). The number of carbonyl (C=O) groups excluding carboxylic acids is 1. The molecule has 0 aliphatic heterocycles. The Morgan fingerprint density at radius 1 is 1.06 bits per heavy atom. The van der Waals surface area contributed by atoms with Crippen molar-refractivity contribution in [3.05, 3.63) is 89.5 Å². The van der Waals surface area contributed by atoms with Crippen LogP contribution >= 0.6 is 0 Å². The summed E-state index contributed by atoms with van der Waals surface area (Å²) in [5.41, 5.74) is 2.72. The van der Waals surface area contributed by atoms with Gasteiger partial charge in [0.15, 0.2) is 0 Å². The number of nitrogens with two attached hydrogens (primary N) is 1. The topological polar surface area (TPSA) is 55.6 Å². The molecule has 1 saturated carbocycles. The van der Waals surface area contributed by atoms with Gasteiger partial charge in [-0.05, 0) is 74.7 Å². The summed E-state index contributed by atoms with van der Waals surface area (Å²) in [6.45, 7) is 8.73. The molecule has 0 radical (unpaired) electrons. The number of carbonyl (C=O) groups is 1. The van der Waals surface area contributed by atoms with Gasteiger partial charge in [-0.3, -0.25) is 4.79 Å². The Labute approximate surface area is 271 Å². The Bertz CT molecular complexity index is 1250. The fourth-order valence-electron chi connectivity index (χ4n) is 3.81. The third kappa shape index (κ3) is 17.5. The summed E-state index contributed by atoms with van der Waals surface area (Å²) in [4.78, 5) is 12.0. The van der Waals surface area contributed by atoms with Crippen LogP contribution in [0.1, 0.15) is 75.5 Å². The van der Waals surface area contributed by atoms with E-state index in [0.717, 1.165) is 31.0 Å². The van der Waals surface area contributed by atoms with Crippen LogP contribution in [0.25, 0.3) is 0 Å². The zero-order valence-corrected chi connectivity index (χ0v) is 27.1. The maximum atomic E-state index is 13.7. The van der Waals surface area contributed by atoms with Gasteiger partial charge in [0.05, 0.1) is 5.56 Å². The standard InChI is InChI=1S/C17H11F9O.C7H13NO.C5H6.C4H8.CH5N/c1-8(9-2-3-14(19)13(6-9)16(22,23)24)10-4-11(18)7-12(5-10)27-17(25,26)15(20)21;1-8(6-9)7-4-2-3-5-7;1-3-5-4-2;1-3-4-2;1-2/h2-8,15H,1H3;6-7H,2-5H2,1H3;1,4-5H,2H3;3H,1,4H2,2H3;2H2,1H3/b;;5-4-;;. The molecule has 1 atom stereocenters. The van der Waals surface area contributed by atoms with Crippen molar-refractivity contribution >= 4 is 6.41 Å². The van der Waals surface area contributed by atoms with E-state index in [9.17, 15) is 44.3 Å². The highest BCUT2D eigenvalue weighted by Crippen LogP contribution is 2.36. The van der Waals surface area contributed by atoms with E-state index in [4.69, 9.17) is 6.42 Å². The van der Waals surface area contributed by atoms with E-state index < -0.39 is 47.6 Å². The monoisotopic (exact) mass is 682 g/mol. The molecule has 1 aliphatic carbocycles. The highest BCUT2D eigenvalue weighted by Gasteiger charge is 2.44. The molecule has 264 valence electrons. The molecule has 0 heterocycles. The van der Waals surface area contributed by atoms with E-state index in [1.54, 1.807) is 11.0 Å². The molecule has 0 spiro atoms. The van der Waals surface area contributed by atoms with Crippen LogP contribution in [0.15, 0.2) is 61.2 Å². The van der Waals surface area contributed by atoms with Crippen molar-refractivity contribution in [3.63, 3.8) is 0 Å². The smallest absolute Gasteiger partial charge is 0.428 e. The number of rotatable bonds is 8. The first-order chi connectivity index (χ1) is 22.0. The Kier molecular flexibility index (Phi) is 22.5. The largest absolute Gasteiger partial charge is 0.461 e. The maximum Gasteiger partial charge on any atom is 0.461 e. The minimum absolute atomic E-state index is 0.0964. The van der Waals surface area contributed by atoms with E-state index in [1.165, 1.54) is 39.7 Å². The van der Waals surface area contributed by atoms with E-state index in [0.29, 0.717) is 24.2 Å². The summed E-state index contributed by atoms with van der Waals surface area (Å²) < 4.78 is 120. The van der Waals surface area contributed by atoms with Crippen LogP contribution in [0.2, 0.25) is 0 Å². The number of amides is 1. The van der Waals surface area contributed by atoms with Gasteiger partial charge in [0.1, 0.15) is 17.4 Å².